The van der Waals surface area contributed by atoms with Crippen LogP contribution in [0.25, 0.3) is 5.69 Å². The van der Waals surface area contributed by atoms with Crippen molar-refractivity contribution in [2.75, 3.05) is 23.3 Å². The fraction of sp³-hybridized carbons (Fsp3) is 0.250. The van der Waals surface area contributed by atoms with Crippen LogP contribution in [-0.4, -0.2) is 34.5 Å². The zero-order valence-electron chi connectivity index (χ0n) is 22.9. The van der Waals surface area contributed by atoms with Crippen LogP contribution in [0.5, 0.6) is 0 Å². The number of unbranched alkanes of at least 4 members (excludes halogenated alkanes) is 1. The van der Waals surface area contributed by atoms with Crippen LogP contribution in [0, 0.1) is 6.92 Å². The quantitative estimate of drug-likeness (QED) is 0.253. The fourth-order valence-electron chi connectivity index (χ4n) is 5.20. The normalized spacial score (nSPS) is 14.3. The monoisotopic (exact) mass is 560 g/mol. The molecule has 0 aliphatic carbocycles. The average molecular weight is 561 g/mol. The number of carbonyl (C=O) groups excluding carboxylic acids is 2. The number of hydrogen-bond donors (Lipinski definition) is 1. The lowest BCUT2D eigenvalue weighted by atomic mass is 9.96. The van der Waals surface area contributed by atoms with Gasteiger partial charge in [-0.15, -0.1) is 0 Å². The molecule has 3 aromatic carbocycles. The van der Waals surface area contributed by atoms with Crippen LogP contribution >= 0.6 is 0 Å². The molecule has 1 aliphatic heterocycles. The molecule has 0 saturated carbocycles. The van der Waals surface area contributed by atoms with E-state index in [0.717, 1.165) is 46.7 Å². The van der Waals surface area contributed by atoms with E-state index in [1.807, 2.05) is 74.6 Å². The Kier molecular flexibility index (Phi) is 7.88. The summed E-state index contributed by atoms with van der Waals surface area (Å²) in [7, 11) is 0. The summed E-state index contributed by atoms with van der Waals surface area (Å²) in [5, 5.41) is 2.66. The van der Waals surface area contributed by atoms with Gasteiger partial charge >= 0.3 is 12.2 Å². The van der Waals surface area contributed by atoms with Crippen molar-refractivity contribution >= 4 is 23.3 Å². The Labute approximate surface area is 237 Å². The number of amides is 3. The summed E-state index contributed by atoms with van der Waals surface area (Å²) in [6.45, 7) is 4.10. The highest BCUT2D eigenvalue weighted by atomic mass is 19.4. The summed E-state index contributed by atoms with van der Waals surface area (Å²) in [5.74, 6) is -0.268. The number of anilines is 2. The van der Waals surface area contributed by atoms with E-state index in [9.17, 15) is 22.8 Å². The van der Waals surface area contributed by atoms with Crippen molar-refractivity contribution < 1.29 is 22.8 Å². The molecule has 5 rings (SSSR count). The van der Waals surface area contributed by atoms with Crippen molar-refractivity contribution in [2.24, 2.45) is 0 Å². The molecule has 1 N–H and O–H groups in total. The summed E-state index contributed by atoms with van der Waals surface area (Å²) in [6.07, 6.45) is -1.04. The molecule has 6 nitrogen and oxygen atoms in total. The van der Waals surface area contributed by atoms with Gasteiger partial charge in [0.05, 0.1) is 22.6 Å². The molecular weight excluding hydrogens is 529 g/mol. The van der Waals surface area contributed by atoms with Crippen LogP contribution in [-0.2, 0) is 11.0 Å². The van der Waals surface area contributed by atoms with Crippen LogP contribution < -0.4 is 10.2 Å². The SMILES string of the molecule is CCCCN(CC(=O)N1c2ccccc2-n2cccc2C1c1cccc(C)c1)C(=O)Nc1ccc(C(F)(F)F)cc1. The maximum absolute atomic E-state index is 14.2. The van der Waals surface area contributed by atoms with Crippen LogP contribution in [0.4, 0.5) is 29.3 Å². The standard InChI is InChI=1S/C32H31F3N4O2/c1-3-4-18-37(31(41)36-25-16-14-24(15-17-25)32(33,34)35)21-29(40)39-27-12-6-5-11-26(27)38-19-8-13-28(38)30(39)23-10-7-9-22(2)20-23/h5-17,19-20,30H,3-4,18,21H2,1-2H3,(H,36,41). The molecule has 1 aromatic heterocycles. The van der Waals surface area contributed by atoms with Crippen molar-refractivity contribution in [3.05, 3.63) is 114 Å². The summed E-state index contributed by atoms with van der Waals surface area (Å²) in [6, 6.07) is 22.9. The van der Waals surface area contributed by atoms with Gasteiger partial charge in [-0.2, -0.15) is 13.2 Å². The first-order chi connectivity index (χ1) is 19.7. The smallest absolute Gasteiger partial charge is 0.316 e. The molecule has 0 fully saturated rings. The van der Waals surface area contributed by atoms with Crippen LogP contribution in [0.15, 0.2) is 91.1 Å². The molecule has 0 spiro atoms. The number of hydrogen-bond acceptors (Lipinski definition) is 2. The number of carbonyl (C=O) groups is 2. The summed E-state index contributed by atoms with van der Waals surface area (Å²) >= 11 is 0. The second kappa shape index (κ2) is 11.5. The van der Waals surface area contributed by atoms with Crippen molar-refractivity contribution in [3.8, 4) is 5.69 Å². The van der Waals surface area contributed by atoms with Gasteiger partial charge in [0.2, 0.25) is 5.91 Å². The maximum atomic E-state index is 14.2. The van der Waals surface area contributed by atoms with Crippen molar-refractivity contribution in [1.82, 2.24) is 9.47 Å². The number of benzene rings is 3. The van der Waals surface area contributed by atoms with E-state index >= 15 is 0 Å². The second-order valence-electron chi connectivity index (χ2n) is 10.2. The molecule has 4 aromatic rings. The lowest BCUT2D eigenvalue weighted by Gasteiger charge is -2.39. The molecule has 1 aliphatic rings. The van der Waals surface area contributed by atoms with Crippen LogP contribution in [0.1, 0.15) is 48.2 Å². The van der Waals surface area contributed by atoms with E-state index in [1.165, 1.54) is 17.0 Å². The van der Waals surface area contributed by atoms with Gasteiger partial charge in [0.15, 0.2) is 0 Å². The molecule has 1 atom stereocenters. The Morgan fingerprint density at radius 3 is 2.34 bits per heavy atom. The maximum Gasteiger partial charge on any atom is 0.416 e. The third-order valence-electron chi connectivity index (χ3n) is 7.20. The van der Waals surface area contributed by atoms with Gasteiger partial charge in [-0.25, -0.2) is 4.79 Å². The molecule has 0 bridgehead atoms. The zero-order chi connectivity index (χ0) is 29.1. The van der Waals surface area contributed by atoms with E-state index in [-0.39, 0.29) is 18.1 Å². The molecular formula is C32H31F3N4O2. The van der Waals surface area contributed by atoms with Crippen molar-refractivity contribution in [1.29, 1.82) is 0 Å². The predicted molar refractivity (Wildman–Crippen MR) is 153 cm³/mol. The number of fused-ring (bicyclic) bond motifs is 3. The highest BCUT2D eigenvalue weighted by Crippen LogP contribution is 2.42. The van der Waals surface area contributed by atoms with E-state index in [0.29, 0.717) is 13.0 Å². The summed E-state index contributed by atoms with van der Waals surface area (Å²) in [5.41, 5.74) is 3.94. The average Bonchev–Trinajstić information content (AvgIpc) is 3.44. The number of nitrogens with zero attached hydrogens (tertiary/aromatic N) is 3. The molecule has 0 radical (unpaired) electrons. The molecule has 41 heavy (non-hydrogen) atoms. The number of aromatic nitrogens is 1. The largest absolute Gasteiger partial charge is 0.416 e. The van der Waals surface area contributed by atoms with Gasteiger partial charge in [-0.3, -0.25) is 9.69 Å². The minimum absolute atomic E-state index is 0.205. The number of para-hydroxylation sites is 2. The molecule has 2 heterocycles. The number of urea groups is 1. The topological polar surface area (TPSA) is 57.6 Å². The van der Waals surface area contributed by atoms with Gasteiger partial charge in [0.25, 0.3) is 0 Å². The molecule has 1 unspecified atom stereocenters. The van der Waals surface area contributed by atoms with E-state index < -0.39 is 23.8 Å². The number of halogens is 3. The number of nitrogens with one attached hydrogen (secondary N) is 1. The summed E-state index contributed by atoms with van der Waals surface area (Å²) in [4.78, 5) is 30.7. The third kappa shape index (κ3) is 5.84. The van der Waals surface area contributed by atoms with Gasteiger partial charge in [-0.05, 0) is 67.4 Å². The first-order valence-electron chi connectivity index (χ1n) is 13.6. The first-order valence-corrected chi connectivity index (χ1v) is 13.6. The number of rotatable bonds is 7. The number of alkyl halides is 3. The predicted octanol–water partition coefficient (Wildman–Crippen LogP) is 7.57. The van der Waals surface area contributed by atoms with Crippen LogP contribution in [0.3, 0.4) is 0 Å². The van der Waals surface area contributed by atoms with Gasteiger partial charge in [-0.1, -0.05) is 55.3 Å². The van der Waals surface area contributed by atoms with E-state index in [2.05, 4.69) is 16.0 Å². The van der Waals surface area contributed by atoms with Gasteiger partial charge in [0, 0.05) is 18.4 Å². The fourth-order valence-corrected chi connectivity index (χ4v) is 5.20. The Morgan fingerprint density at radius 2 is 1.66 bits per heavy atom. The highest BCUT2D eigenvalue weighted by molar-refractivity contribution is 6.01. The second-order valence-corrected chi connectivity index (χ2v) is 10.2. The minimum atomic E-state index is -4.47. The van der Waals surface area contributed by atoms with E-state index in [4.69, 9.17) is 0 Å². The summed E-state index contributed by atoms with van der Waals surface area (Å²) < 4.78 is 41.0. The molecule has 3 amide bonds. The Balaban J connectivity index is 1.46. The van der Waals surface area contributed by atoms with Gasteiger partial charge < -0.3 is 14.8 Å². The lowest BCUT2D eigenvalue weighted by Crippen LogP contribution is -2.48. The Hall–Kier alpha value is -4.53. The van der Waals surface area contributed by atoms with Crippen LogP contribution in [0.2, 0.25) is 0 Å². The lowest BCUT2D eigenvalue weighted by molar-refractivity contribution is -0.137. The van der Waals surface area contributed by atoms with Crippen molar-refractivity contribution in [2.45, 2.75) is 38.9 Å². The number of aryl methyl sites for hydroxylation is 1. The third-order valence-corrected chi connectivity index (χ3v) is 7.20. The molecule has 0 saturated heterocycles. The van der Waals surface area contributed by atoms with Crippen molar-refractivity contribution in [3.63, 3.8) is 0 Å². The molecule has 212 valence electrons. The van der Waals surface area contributed by atoms with E-state index in [1.54, 1.807) is 4.90 Å². The zero-order valence-corrected chi connectivity index (χ0v) is 22.9. The minimum Gasteiger partial charge on any atom is -0.316 e. The first kappa shape index (κ1) is 28.0. The highest BCUT2D eigenvalue weighted by Gasteiger charge is 2.37. The van der Waals surface area contributed by atoms with Gasteiger partial charge in [0.1, 0.15) is 12.6 Å². The Bertz CT molecular complexity index is 1550. The Morgan fingerprint density at radius 1 is 0.927 bits per heavy atom. The molecule has 9 heteroatoms.